The topological polar surface area (TPSA) is 85.6 Å². The Morgan fingerprint density at radius 3 is 2.43 bits per heavy atom. The summed E-state index contributed by atoms with van der Waals surface area (Å²) in [5.41, 5.74) is 2.53. The number of carbonyl (C=O) groups is 1. The van der Waals surface area contributed by atoms with Gasteiger partial charge in [0, 0.05) is 22.4 Å². The van der Waals surface area contributed by atoms with E-state index in [1.807, 2.05) is 24.3 Å². The number of nitrogens with one attached hydrogen (secondary N) is 1. The fourth-order valence-corrected chi connectivity index (χ4v) is 3.67. The smallest absolute Gasteiger partial charge is 0.226 e. The molecule has 0 fully saturated rings. The van der Waals surface area contributed by atoms with Crippen LogP contribution in [-0.2, 0) is 4.79 Å². The van der Waals surface area contributed by atoms with Crippen molar-refractivity contribution in [2.75, 3.05) is 19.5 Å². The van der Waals surface area contributed by atoms with Crippen molar-refractivity contribution in [3.63, 3.8) is 0 Å². The molecule has 0 radical (unpaired) electrons. The molecule has 2 N–H and O–H groups in total. The van der Waals surface area contributed by atoms with E-state index in [4.69, 9.17) is 9.47 Å². The molecule has 144 valence electrons. The second-order valence-electron chi connectivity index (χ2n) is 6.42. The Morgan fingerprint density at radius 1 is 1.18 bits per heavy atom. The number of phenolic OH excluding ortho intramolecular Hbond substituents is 1. The van der Waals surface area contributed by atoms with Crippen LogP contribution >= 0.6 is 15.9 Å². The first-order valence-electron chi connectivity index (χ1n) is 8.60. The molecule has 28 heavy (non-hydrogen) atoms. The maximum absolute atomic E-state index is 12.4. The normalized spacial score (nSPS) is 15.7. The van der Waals surface area contributed by atoms with Crippen LogP contribution in [0.2, 0.25) is 0 Å². The lowest BCUT2D eigenvalue weighted by Gasteiger charge is -2.24. The Kier molecular flexibility index (Phi) is 4.72. The molecule has 0 unspecified atom stereocenters. The highest BCUT2D eigenvalue weighted by molar-refractivity contribution is 9.10. The number of carbonyl (C=O) groups excluding carboxylic acids is 1. The first kappa shape index (κ1) is 18.4. The Bertz CT molecular complexity index is 1020. The summed E-state index contributed by atoms with van der Waals surface area (Å²) in [6, 6.07) is 11.1. The first-order valence-corrected chi connectivity index (χ1v) is 9.39. The molecule has 7 nitrogen and oxygen atoms in total. The van der Waals surface area contributed by atoms with Gasteiger partial charge in [0.05, 0.1) is 26.1 Å². The summed E-state index contributed by atoms with van der Waals surface area (Å²) in [7, 11) is 2.95. The van der Waals surface area contributed by atoms with Crippen molar-refractivity contribution in [2.24, 2.45) is 0 Å². The summed E-state index contributed by atoms with van der Waals surface area (Å²) >= 11 is 3.42. The van der Waals surface area contributed by atoms with Gasteiger partial charge in [0.25, 0.3) is 0 Å². The van der Waals surface area contributed by atoms with Crippen molar-refractivity contribution in [2.45, 2.75) is 12.3 Å². The van der Waals surface area contributed by atoms with Gasteiger partial charge in [-0.2, -0.15) is 5.10 Å². The van der Waals surface area contributed by atoms with Crippen molar-refractivity contribution in [1.29, 1.82) is 0 Å². The van der Waals surface area contributed by atoms with E-state index in [0.29, 0.717) is 17.3 Å². The second-order valence-corrected chi connectivity index (χ2v) is 7.33. The molecule has 1 aliphatic heterocycles. The lowest BCUT2D eigenvalue weighted by Crippen LogP contribution is -2.24. The monoisotopic (exact) mass is 443 g/mol. The molecule has 0 aliphatic carbocycles. The molecular weight excluding hydrogens is 426 g/mol. The SMILES string of the molecule is COc1cc([C@H]2CC(=O)Nc3c2cnn3-c2ccc(Br)cc2)cc(OC)c1O. The summed E-state index contributed by atoms with van der Waals surface area (Å²) in [4.78, 5) is 12.4. The molecule has 0 saturated carbocycles. The standard InChI is InChI=1S/C20H18BrN3O4/c1-27-16-7-11(8-17(28-2)19(16)26)14-9-18(25)23-20-15(14)10-22-24(20)13-5-3-12(21)4-6-13/h3-8,10,14,26H,9H2,1-2H3,(H,23,25)/t14-/m1/s1. The summed E-state index contributed by atoms with van der Waals surface area (Å²) in [5, 5.41) is 17.6. The Labute approximate surface area is 170 Å². The number of nitrogens with zero attached hydrogens (tertiary/aromatic N) is 2. The number of amides is 1. The Hall–Kier alpha value is -3.00. The van der Waals surface area contributed by atoms with Crippen LogP contribution in [-0.4, -0.2) is 35.0 Å². The maximum atomic E-state index is 12.4. The number of halogens is 1. The summed E-state index contributed by atoms with van der Waals surface area (Å²) < 4.78 is 13.2. The van der Waals surface area contributed by atoms with E-state index in [1.54, 1.807) is 23.0 Å². The van der Waals surface area contributed by atoms with Gasteiger partial charge in [-0.15, -0.1) is 0 Å². The highest BCUT2D eigenvalue weighted by Gasteiger charge is 2.31. The zero-order chi connectivity index (χ0) is 19.8. The molecular formula is C20H18BrN3O4. The van der Waals surface area contributed by atoms with Crippen molar-refractivity contribution in [3.8, 4) is 22.9 Å². The molecule has 1 aromatic heterocycles. The molecule has 0 spiro atoms. The largest absolute Gasteiger partial charge is 0.502 e. The van der Waals surface area contributed by atoms with Crippen molar-refractivity contribution in [3.05, 3.63) is 58.2 Å². The maximum Gasteiger partial charge on any atom is 0.226 e. The molecule has 2 aromatic carbocycles. The summed E-state index contributed by atoms with van der Waals surface area (Å²) in [6.07, 6.45) is 2.02. The lowest BCUT2D eigenvalue weighted by atomic mass is 9.87. The van der Waals surface area contributed by atoms with Crippen molar-refractivity contribution >= 4 is 27.7 Å². The number of aromatic hydroxyl groups is 1. The molecule has 3 aromatic rings. The molecule has 8 heteroatoms. The molecule has 2 heterocycles. The zero-order valence-corrected chi connectivity index (χ0v) is 16.9. The molecule has 1 atom stereocenters. The van der Waals surface area contributed by atoms with Crippen LogP contribution in [0.5, 0.6) is 17.2 Å². The number of phenols is 1. The van der Waals surface area contributed by atoms with Gasteiger partial charge >= 0.3 is 0 Å². The summed E-state index contributed by atoms with van der Waals surface area (Å²) in [5.74, 6) is 0.803. The van der Waals surface area contributed by atoms with E-state index >= 15 is 0 Å². The van der Waals surface area contributed by atoms with Crippen LogP contribution in [0.3, 0.4) is 0 Å². The number of aromatic nitrogens is 2. The van der Waals surface area contributed by atoms with Crippen molar-refractivity contribution < 1.29 is 19.4 Å². The van der Waals surface area contributed by atoms with Gasteiger partial charge in [0.15, 0.2) is 11.5 Å². The van der Waals surface area contributed by atoms with Gasteiger partial charge in [-0.3, -0.25) is 4.79 Å². The third-order valence-corrected chi connectivity index (χ3v) is 5.32. The fraction of sp³-hybridized carbons (Fsp3) is 0.200. The van der Waals surface area contributed by atoms with Gasteiger partial charge < -0.3 is 19.9 Å². The van der Waals surface area contributed by atoms with Crippen LogP contribution in [0.15, 0.2) is 47.1 Å². The van der Waals surface area contributed by atoms with Crippen molar-refractivity contribution in [1.82, 2.24) is 9.78 Å². The first-order chi connectivity index (χ1) is 13.5. The number of hydrogen-bond donors (Lipinski definition) is 2. The lowest BCUT2D eigenvalue weighted by molar-refractivity contribution is -0.116. The number of benzene rings is 2. The van der Waals surface area contributed by atoms with Crippen LogP contribution < -0.4 is 14.8 Å². The predicted molar refractivity (Wildman–Crippen MR) is 108 cm³/mol. The van der Waals surface area contributed by atoms with Gasteiger partial charge in [-0.1, -0.05) is 15.9 Å². The van der Waals surface area contributed by atoms with E-state index in [2.05, 4.69) is 26.3 Å². The van der Waals surface area contributed by atoms with E-state index in [9.17, 15) is 9.90 Å². The van der Waals surface area contributed by atoms with Crippen LogP contribution in [0, 0.1) is 0 Å². The third kappa shape index (κ3) is 3.09. The Morgan fingerprint density at radius 2 is 1.82 bits per heavy atom. The average molecular weight is 444 g/mol. The molecule has 0 bridgehead atoms. The molecule has 4 rings (SSSR count). The highest BCUT2D eigenvalue weighted by atomic mass is 79.9. The van der Waals surface area contributed by atoms with Crippen LogP contribution in [0.1, 0.15) is 23.5 Å². The Balaban J connectivity index is 1.82. The number of rotatable bonds is 4. The zero-order valence-electron chi connectivity index (χ0n) is 15.3. The average Bonchev–Trinajstić information content (AvgIpc) is 3.12. The van der Waals surface area contributed by atoms with E-state index in [0.717, 1.165) is 21.3 Å². The quantitative estimate of drug-likeness (QED) is 0.639. The van der Waals surface area contributed by atoms with E-state index in [1.165, 1.54) is 14.2 Å². The fourth-order valence-electron chi connectivity index (χ4n) is 3.41. The van der Waals surface area contributed by atoms with Gasteiger partial charge in [-0.05, 0) is 42.0 Å². The van der Waals surface area contributed by atoms with E-state index in [-0.39, 0.29) is 24.0 Å². The van der Waals surface area contributed by atoms with Gasteiger partial charge in [0.2, 0.25) is 11.7 Å². The number of fused-ring (bicyclic) bond motifs is 1. The minimum absolute atomic E-state index is 0.0696. The van der Waals surface area contributed by atoms with Crippen LogP contribution in [0.4, 0.5) is 5.82 Å². The predicted octanol–water partition coefficient (Wildman–Crippen LogP) is 3.83. The number of methoxy groups -OCH3 is 2. The van der Waals surface area contributed by atoms with Crippen LogP contribution in [0.25, 0.3) is 5.69 Å². The van der Waals surface area contributed by atoms with Gasteiger partial charge in [-0.25, -0.2) is 4.68 Å². The van der Waals surface area contributed by atoms with Gasteiger partial charge in [0.1, 0.15) is 5.82 Å². The summed E-state index contributed by atoms with van der Waals surface area (Å²) in [6.45, 7) is 0. The third-order valence-electron chi connectivity index (χ3n) is 4.80. The van der Waals surface area contributed by atoms with E-state index < -0.39 is 0 Å². The molecule has 0 saturated heterocycles. The second kappa shape index (κ2) is 7.20. The number of ether oxygens (including phenoxy) is 2. The highest BCUT2D eigenvalue weighted by Crippen LogP contribution is 2.44. The number of hydrogen-bond acceptors (Lipinski definition) is 5. The molecule has 1 aliphatic rings. The minimum Gasteiger partial charge on any atom is -0.502 e. The number of anilines is 1. The molecule has 1 amide bonds. The minimum atomic E-state index is -0.239.